The Morgan fingerprint density at radius 2 is 1.81 bits per heavy atom. The van der Waals surface area contributed by atoms with Gasteiger partial charge in [-0.25, -0.2) is 4.39 Å². The van der Waals surface area contributed by atoms with Crippen molar-refractivity contribution in [1.82, 2.24) is 4.90 Å². The van der Waals surface area contributed by atoms with Crippen molar-refractivity contribution in [2.75, 3.05) is 13.2 Å². The highest BCUT2D eigenvalue weighted by Gasteiger charge is 2.47. The molecule has 6 nitrogen and oxygen atoms in total. The van der Waals surface area contributed by atoms with Gasteiger partial charge in [-0.2, -0.15) is 0 Å². The Bertz CT molecular complexity index is 1130. The van der Waals surface area contributed by atoms with E-state index in [1.807, 2.05) is 6.92 Å². The lowest BCUT2D eigenvalue weighted by atomic mass is 9.99. The fourth-order valence-corrected chi connectivity index (χ4v) is 3.79. The Labute approximate surface area is 184 Å². The Morgan fingerprint density at radius 3 is 2.44 bits per heavy atom. The van der Waals surface area contributed by atoms with Crippen LogP contribution in [0.25, 0.3) is 5.76 Å². The number of carbonyl (C=O) groups excluding carboxylic acids is 2. The maximum atomic E-state index is 13.2. The molecule has 1 atom stereocenters. The van der Waals surface area contributed by atoms with Crippen LogP contribution >= 0.6 is 0 Å². The van der Waals surface area contributed by atoms with Crippen molar-refractivity contribution in [3.05, 3.63) is 95.2 Å². The van der Waals surface area contributed by atoms with E-state index >= 15 is 0 Å². The first kappa shape index (κ1) is 21.4. The molecule has 2 aromatic carbocycles. The summed E-state index contributed by atoms with van der Waals surface area (Å²) >= 11 is 0. The largest absolute Gasteiger partial charge is 0.507 e. The van der Waals surface area contributed by atoms with Gasteiger partial charge >= 0.3 is 0 Å². The lowest BCUT2D eigenvalue weighted by Crippen LogP contribution is -2.31. The number of likely N-dealkylation sites (tertiary alicyclic amines) is 1. The highest BCUT2D eigenvalue weighted by molar-refractivity contribution is 6.46. The van der Waals surface area contributed by atoms with Crippen LogP contribution in [0.3, 0.4) is 0 Å². The van der Waals surface area contributed by atoms with E-state index in [1.54, 1.807) is 48.5 Å². The monoisotopic (exact) mass is 435 g/mol. The van der Waals surface area contributed by atoms with Crippen LogP contribution in [0, 0.1) is 5.82 Å². The molecule has 0 spiro atoms. The van der Waals surface area contributed by atoms with Gasteiger partial charge in [-0.3, -0.25) is 9.59 Å². The molecule has 0 saturated carbocycles. The number of hydrogen-bond donors (Lipinski definition) is 1. The minimum Gasteiger partial charge on any atom is -0.507 e. The van der Waals surface area contributed by atoms with E-state index in [9.17, 15) is 19.1 Å². The Hall–Kier alpha value is -3.87. The average molecular weight is 435 g/mol. The molecule has 1 saturated heterocycles. The van der Waals surface area contributed by atoms with Crippen LogP contribution in [0.15, 0.2) is 76.9 Å². The number of hydrogen-bond acceptors (Lipinski definition) is 5. The standard InChI is InChI=1S/C25H22FNO5/c1-2-31-19-11-7-17(8-12-19)23(28)21-22(20-4-3-15-32-20)27(25(30)24(21)29)14-13-16-5-9-18(26)10-6-16/h3-12,15,22,28H,2,13-14H2,1H3/b23-21-. The second-order valence-electron chi connectivity index (χ2n) is 7.34. The van der Waals surface area contributed by atoms with Crippen LogP contribution in [-0.2, 0) is 16.0 Å². The van der Waals surface area contributed by atoms with Gasteiger partial charge in [-0.15, -0.1) is 0 Å². The van der Waals surface area contributed by atoms with E-state index in [2.05, 4.69) is 0 Å². The minimum atomic E-state index is -0.864. The third-order valence-electron chi connectivity index (χ3n) is 5.35. The second kappa shape index (κ2) is 9.09. The molecule has 1 fully saturated rings. The minimum absolute atomic E-state index is 0.0341. The molecule has 0 bridgehead atoms. The molecule has 1 aromatic heterocycles. The smallest absolute Gasteiger partial charge is 0.295 e. The third kappa shape index (κ3) is 4.14. The van der Waals surface area contributed by atoms with Crippen molar-refractivity contribution in [2.45, 2.75) is 19.4 Å². The van der Waals surface area contributed by atoms with Gasteiger partial charge < -0.3 is 19.2 Å². The van der Waals surface area contributed by atoms with Crippen molar-refractivity contribution in [1.29, 1.82) is 0 Å². The van der Waals surface area contributed by atoms with E-state index in [0.717, 1.165) is 5.56 Å². The quantitative estimate of drug-likeness (QED) is 0.336. The zero-order valence-corrected chi connectivity index (χ0v) is 17.5. The van der Waals surface area contributed by atoms with Crippen LogP contribution in [0.1, 0.15) is 29.9 Å². The van der Waals surface area contributed by atoms with Crippen LogP contribution in [0.4, 0.5) is 4.39 Å². The fourth-order valence-electron chi connectivity index (χ4n) is 3.79. The van der Waals surface area contributed by atoms with Crippen LogP contribution in [0.2, 0.25) is 0 Å². The van der Waals surface area contributed by atoms with Crippen LogP contribution in [-0.4, -0.2) is 34.8 Å². The second-order valence-corrected chi connectivity index (χ2v) is 7.34. The summed E-state index contributed by atoms with van der Waals surface area (Å²) in [6.07, 6.45) is 1.86. The van der Waals surface area contributed by atoms with Crippen LogP contribution < -0.4 is 4.74 Å². The van der Waals surface area contributed by atoms with Gasteiger partial charge in [0, 0.05) is 12.1 Å². The molecule has 1 aliphatic heterocycles. The van der Waals surface area contributed by atoms with Gasteiger partial charge in [0.15, 0.2) is 0 Å². The molecule has 2 heterocycles. The van der Waals surface area contributed by atoms with Crippen molar-refractivity contribution >= 4 is 17.4 Å². The Morgan fingerprint density at radius 1 is 1.09 bits per heavy atom. The van der Waals surface area contributed by atoms with Crippen LogP contribution in [0.5, 0.6) is 5.75 Å². The Balaban J connectivity index is 1.69. The van der Waals surface area contributed by atoms with Crippen molar-refractivity contribution in [2.24, 2.45) is 0 Å². The molecule has 0 aliphatic carbocycles. The highest BCUT2D eigenvalue weighted by atomic mass is 19.1. The summed E-state index contributed by atoms with van der Waals surface area (Å²) in [6, 6.07) is 15.0. The number of aliphatic hydroxyl groups excluding tert-OH is 1. The number of ketones is 1. The van der Waals surface area contributed by atoms with E-state index in [0.29, 0.717) is 30.1 Å². The molecule has 164 valence electrons. The number of benzene rings is 2. The van der Waals surface area contributed by atoms with E-state index in [1.165, 1.54) is 23.3 Å². The summed E-state index contributed by atoms with van der Waals surface area (Å²) < 4.78 is 24.1. The number of ether oxygens (including phenoxy) is 1. The van der Waals surface area contributed by atoms with Crippen molar-refractivity contribution < 1.29 is 28.2 Å². The molecule has 0 radical (unpaired) electrons. The number of halogens is 1. The molecular weight excluding hydrogens is 413 g/mol. The molecule has 32 heavy (non-hydrogen) atoms. The maximum Gasteiger partial charge on any atom is 0.295 e. The predicted octanol–water partition coefficient (Wildman–Crippen LogP) is 4.48. The third-order valence-corrected chi connectivity index (χ3v) is 5.35. The molecule has 1 aliphatic rings. The molecule has 3 aromatic rings. The van der Waals surface area contributed by atoms with E-state index in [-0.39, 0.29) is 23.7 Å². The first-order valence-corrected chi connectivity index (χ1v) is 10.3. The summed E-state index contributed by atoms with van der Waals surface area (Å²) in [4.78, 5) is 27.2. The fraction of sp³-hybridized carbons (Fsp3) is 0.200. The van der Waals surface area contributed by atoms with E-state index < -0.39 is 17.7 Å². The lowest BCUT2D eigenvalue weighted by Gasteiger charge is -2.23. The lowest BCUT2D eigenvalue weighted by molar-refractivity contribution is -0.140. The van der Waals surface area contributed by atoms with Gasteiger partial charge in [-0.1, -0.05) is 12.1 Å². The highest BCUT2D eigenvalue weighted by Crippen LogP contribution is 2.39. The molecule has 7 heteroatoms. The summed E-state index contributed by atoms with van der Waals surface area (Å²) in [5.74, 6) is -1.13. The maximum absolute atomic E-state index is 13.2. The topological polar surface area (TPSA) is 80.0 Å². The summed E-state index contributed by atoms with van der Waals surface area (Å²) in [7, 11) is 0. The van der Waals surface area contributed by atoms with Gasteiger partial charge in [-0.05, 0) is 67.4 Å². The van der Waals surface area contributed by atoms with Gasteiger partial charge in [0.25, 0.3) is 11.7 Å². The predicted molar refractivity (Wildman–Crippen MR) is 115 cm³/mol. The van der Waals surface area contributed by atoms with Gasteiger partial charge in [0.1, 0.15) is 29.1 Å². The molecule has 1 N–H and O–H groups in total. The number of furan rings is 1. The number of amides is 1. The first-order chi connectivity index (χ1) is 15.5. The number of aliphatic hydroxyl groups is 1. The molecule has 4 rings (SSSR count). The summed E-state index contributed by atoms with van der Waals surface area (Å²) in [6.45, 7) is 2.56. The van der Waals surface area contributed by atoms with Crippen molar-refractivity contribution in [3.63, 3.8) is 0 Å². The first-order valence-electron chi connectivity index (χ1n) is 10.3. The SMILES string of the molecule is CCOc1ccc(/C(O)=C2/C(=O)C(=O)N(CCc3ccc(F)cc3)C2c2ccco2)cc1. The van der Waals surface area contributed by atoms with E-state index in [4.69, 9.17) is 9.15 Å². The van der Waals surface area contributed by atoms with Crippen molar-refractivity contribution in [3.8, 4) is 5.75 Å². The summed E-state index contributed by atoms with van der Waals surface area (Å²) in [5.41, 5.74) is 1.17. The normalized spacial score (nSPS) is 17.7. The molecular formula is C25H22FNO5. The average Bonchev–Trinajstić information content (AvgIpc) is 3.41. The number of rotatable bonds is 7. The molecule has 1 amide bonds. The molecule has 1 unspecified atom stereocenters. The summed E-state index contributed by atoms with van der Waals surface area (Å²) in [5, 5.41) is 11.0. The number of carbonyl (C=O) groups is 2. The Kier molecular flexibility index (Phi) is 6.07. The zero-order valence-electron chi connectivity index (χ0n) is 17.5. The zero-order chi connectivity index (χ0) is 22.7. The van der Waals surface area contributed by atoms with Gasteiger partial charge in [0.05, 0.1) is 18.4 Å². The number of nitrogens with zero attached hydrogens (tertiary/aromatic N) is 1. The number of Topliss-reactive ketones (excluding diaryl/α,β-unsaturated/α-hetero) is 1. The van der Waals surface area contributed by atoms with Gasteiger partial charge in [0.2, 0.25) is 0 Å².